The van der Waals surface area contributed by atoms with Crippen molar-refractivity contribution in [3.8, 4) is 0 Å². The van der Waals surface area contributed by atoms with Gasteiger partial charge in [0.2, 0.25) is 11.8 Å². The zero-order valence-corrected chi connectivity index (χ0v) is 11.4. The monoisotopic (exact) mass is 273 g/mol. The van der Waals surface area contributed by atoms with Crippen LogP contribution in [0.2, 0.25) is 0 Å². The van der Waals surface area contributed by atoms with E-state index in [0.717, 1.165) is 24.8 Å². The molecule has 106 valence electrons. The number of hydrogen-bond donors (Lipinski definition) is 1. The van der Waals surface area contributed by atoms with Crippen molar-refractivity contribution in [1.82, 2.24) is 4.90 Å². The minimum atomic E-state index is -0.428. The van der Waals surface area contributed by atoms with Crippen molar-refractivity contribution in [3.05, 3.63) is 35.9 Å². The number of rotatable bonds is 4. The second kappa shape index (κ2) is 5.37. The highest BCUT2D eigenvalue weighted by Gasteiger charge is 2.51. The Hall–Kier alpha value is -1.68. The first-order chi connectivity index (χ1) is 9.72. The summed E-state index contributed by atoms with van der Waals surface area (Å²) in [5, 5.41) is 9.60. The van der Waals surface area contributed by atoms with E-state index < -0.39 is 6.04 Å². The highest BCUT2D eigenvalue weighted by atomic mass is 16.3. The van der Waals surface area contributed by atoms with Crippen LogP contribution in [0.15, 0.2) is 30.3 Å². The standard InChI is InChI=1S/C16H19NO3/c18-10-12(9-11-5-2-1-3-6-11)17-15(19)13-7-4-8-14(13)16(17)20/h1-3,5-6,12-14,18H,4,7-10H2/t12-,13?,14?/m0/s1. The smallest absolute Gasteiger partial charge is 0.233 e. The van der Waals surface area contributed by atoms with Crippen molar-refractivity contribution in [2.24, 2.45) is 11.8 Å². The van der Waals surface area contributed by atoms with E-state index in [0.29, 0.717) is 6.42 Å². The van der Waals surface area contributed by atoms with Gasteiger partial charge in [0.15, 0.2) is 0 Å². The SMILES string of the molecule is O=C1C2CCCC2C(=O)N1[C@H](CO)Cc1ccccc1. The molecule has 2 unspecified atom stereocenters. The average Bonchev–Trinajstić information content (AvgIpc) is 3.03. The van der Waals surface area contributed by atoms with Gasteiger partial charge in [0.1, 0.15) is 0 Å². The largest absolute Gasteiger partial charge is 0.394 e. The van der Waals surface area contributed by atoms with Crippen LogP contribution in [0.4, 0.5) is 0 Å². The van der Waals surface area contributed by atoms with Crippen molar-refractivity contribution < 1.29 is 14.7 Å². The normalized spacial score (nSPS) is 26.9. The minimum absolute atomic E-state index is 0.0764. The number of carbonyl (C=O) groups is 2. The highest BCUT2D eigenvalue weighted by Crippen LogP contribution is 2.40. The first kappa shape index (κ1) is 13.3. The lowest BCUT2D eigenvalue weighted by molar-refractivity contribution is -0.144. The molecule has 1 aromatic rings. The number of amides is 2. The van der Waals surface area contributed by atoms with Crippen LogP contribution in [0, 0.1) is 11.8 Å². The average molecular weight is 273 g/mol. The van der Waals surface area contributed by atoms with Crippen LogP contribution in [0.25, 0.3) is 0 Å². The molecule has 0 radical (unpaired) electrons. The number of benzene rings is 1. The molecule has 4 nitrogen and oxygen atoms in total. The number of hydrogen-bond acceptors (Lipinski definition) is 3. The predicted molar refractivity (Wildman–Crippen MR) is 73.7 cm³/mol. The fourth-order valence-electron chi connectivity index (χ4n) is 3.50. The lowest BCUT2D eigenvalue weighted by atomic mass is 10.00. The van der Waals surface area contributed by atoms with Gasteiger partial charge in [-0.15, -0.1) is 0 Å². The number of likely N-dealkylation sites (tertiary alicyclic amines) is 1. The van der Waals surface area contributed by atoms with E-state index in [9.17, 15) is 14.7 Å². The van der Waals surface area contributed by atoms with Crippen LogP contribution >= 0.6 is 0 Å². The summed E-state index contributed by atoms with van der Waals surface area (Å²) in [6, 6.07) is 9.25. The second-order valence-electron chi connectivity index (χ2n) is 5.72. The summed E-state index contributed by atoms with van der Waals surface area (Å²) < 4.78 is 0. The molecule has 1 aliphatic carbocycles. The van der Waals surface area contributed by atoms with Gasteiger partial charge in [-0.1, -0.05) is 36.8 Å². The minimum Gasteiger partial charge on any atom is -0.394 e. The molecule has 2 amide bonds. The molecular weight excluding hydrogens is 254 g/mol. The Balaban J connectivity index is 1.79. The molecule has 1 N–H and O–H groups in total. The number of aliphatic hydroxyl groups is 1. The maximum absolute atomic E-state index is 12.4. The topological polar surface area (TPSA) is 57.6 Å². The van der Waals surface area contributed by atoms with Crippen molar-refractivity contribution >= 4 is 11.8 Å². The van der Waals surface area contributed by atoms with Crippen LogP contribution in [0.5, 0.6) is 0 Å². The van der Waals surface area contributed by atoms with E-state index in [1.807, 2.05) is 30.3 Å². The Morgan fingerprint density at radius 3 is 2.25 bits per heavy atom. The lowest BCUT2D eigenvalue weighted by Crippen LogP contribution is -2.44. The number of nitrogens with zero attached hydrogens (tertiary/aromatic N) is 1. The molecule has 3 rings (SSSR count). The van der Waals surface area contributed by atoms with E-state index in [1.54, 1.807) is 0 Å². The fraction of sp³-hybridized carbons (Fsp3) is 0.500. The molecule has 1 aliphatic heterocycles. The fourth-order valence-corrected chi connectivity index (χ4v) is 3.50. The second-order valence-corrected chi connectivity index (χ2v) is 5.72. The molecule has 1 aromatic carbocycles. The van der Waals surface area contributed by atoms with Gasteiger partial charge in [-0.3, -0.25) is 14.5 Å². The molecule has 0 aromatic heterocycles. The van der Waals surface area contributed by atoms with E-state index in [2.05, 4.69) is 0 Å². The van der Waals surface area contributed by atoms with Crippen molar-refractivity contribution in [2.45, 2.75) is 31.7 Å². The third-order valence-corrected chi connectivity index (χ3v) is 4.52. The van der Waals surface area contributed by atoms with Gasteiger partial charge in [-0.05, 0) is 24.8 Å². The Labute approximate surface area is 118 Å². The first-order valence-corrected chi connectivity index (χ1v) is 7.24. The van der Waals surface area contributed by atoms with Crippen LogP contribution in [-0.4, -0.2) is 34.5 Å². The molecule has 3 atom stereocenters. The van der Waals surface area contributed by atoms with E-state index in [1.165, 1.54) is 4.90 Å². The van der Waals surface area contributed by atoms with Crippen LogP contribution in [0.1, 0.15) is 24.8 Å². The quantitative estimate of drug-likeness (QED) is 0.843. The van der Waals surface area contributed by atoms with Crippen LogP contribution in [0.3, 0.4) is 0 Å². The van der Waals surface area contributed by atoms with Gasteiger partial charge in [0, 0.05) is 0 Å². The molecule has 0 spiro atoms. The lowest BCUT2D eigenvalue weighted by Gasteiger charge is -2.25. The van der Waals surface area contributed by atoms with Gasteiger partial charge in [-0.2, -0.15) is 0 Å². The third kappa shape index (κ3) is 2.14. The number of fused-ring (bicyclic) bond motifs is 1. The van der Waals surface area contributed by atoms with E-state index in [4.69, 9.17) is 0 Å². The highest BCUT2D eigenvalue weighted by molar-refractivity contribution is 6.05. The summed E-state index contributed by atoms with van der Waals surface area (Å²) in [4.78, 5) is 26.1. The Morgan fingerprint density at radius 2 is 1.70 bits per heavy atom. The molecule has 0 bridgehead atoms. The van der Waals surface area contributed by atoms with E-state index >= 15 is 0 Å². The molecule has 1 heterocycles. The Bertz CT molecular complexity index is 492. The summed E-state index contributed by atoms with van der Waals surface area (Å²) in [7, 11) is 0. The summed E-state index contributed by atoms with van der Waals surface area (Å²) >= 11 is 0. The Kier molecular flexibility index (Phi) is 3.57. The van der Waals surface area contributed by atoms with Crippen molar-refractivity contribution in [2.75, 3.05) is 6.61 Å². The maximum Gasteiger partial charge on any atom is 0.233 e. The zero-order chi connectivity index (χ0) is 14.1. The molecule has 1 saturated carbocycles. The van der Waals surface area contributed by atoms with Gasteiger partial charge >= 0.3 is 0 Å². The van der Waals surface area contributed by atoms with Crippen molar-refractivity contribution in [1.29, 1.82) is 0 Å². The van der Waals surface area contributed by atoms with Gasteiger partial charge < -0.3 is 5.11 Å². The van der Waals surface area contributed by atoms with Gasteiger partial charge in [-0.25, -0.2) is 0 Å². The summed E-state index contributed by atoms with van der Waals surface area (Å²) in [6.45, 7) is -0.175. The summed E-state index contributed by atoms with van der Waals surface area (Å²) in [5.41, 5.74) is 1.03. The number of aliphatic hydroxyl groups excluding tert-OH is 1. The zero-order valence-electron chi connectivity index (χ0n) is 11.4. The predicted octanol–water partition coefficient (Wildman–Crippen LogP) is 1.38. The third-order valence-electron chi connectivity index (χ3n) is 4.52. The maximum atomic E-state index is 12.4. The molecule has 1 saturated heterocycles. The van der Waals surface area contributed by atoms with Crippen LogP contribution < -0.4 is 0 Å². The molecule has 2 aliphatic rings. The Morgan fingerprint density at radius 1 is 1.10 bits per heavy atom. The first-order valence-electron chi connectivity index (χ1n) is 7.24. The summed E-state index contributed by atoms with van der Waals surface area (Å²) in [5.74, 6) is -0.417. The number of imide groups is 1. The van der Waals surface area contributed by atoms with Gasteiger partial charge in [0.25, 0.3) is 0 Å². The molecule has 20 heavy (non-hydrogen) atoms. The van der Waals surface area contributed by atoms with Gasteiger partial charge in [0.05, 0.1) is 24.5 Å². The van der Waals surface area contributed by atoms with Crippen molar-refractivity contribution in [3.63, 3.8) is 0 Å². The summed E-state index contributed by atoms with van der Waals surface area (Å²) in [6.07, 6.45) is 3.11. The van der Waals surface area contributed by atoms with E-state index in [-0.39, 0.29) is 30.3 Å². The molecular formula is C16H19NO3. The molecule has 4 heteroatoms. The molecule has 2 fully saturated rings. The van der Waals surface area contributed by atoms with Crippen LogP contribution in [-0.2, 0) is 16.0 Å². The number of carbonyl (C=O) groups excluding carboxylic acids is 2.